The molecule has 1 aliphatic rings. The van der Waals surface area contributed by atoms with Gasteiger partial charge < -0.3 is 15.0 Å². The Morgan fingerprint density at radius 1 is 1.21 bits per heavy atom. The lowest BCUT2D eigenvalue weighted by Crippen LogP contribution is -2.41. The second kappa shape index (κ2) is 9.99. The van der Waals surface area contributed by atoms with Gasteiger partial charge in [-0.05, 0) is 38.3 Å². The highest BCUT2D eigenvalue weighted by molar-refractivity contribution is 7.15. The van der Waals surface area contributed by atoms with Gasteiger partial charge in [-0.3, -0.25) is 4.40 Å². The van der Waals surface area contributed by atoms with Crippen LogP contribution >= 0.6 is 11.3 Å². The summed E-state index contributed by atoms with van der Waals surface area (Å²) in [6.07, 6.45) is 5.01. The molecular formula is C27H30N4O2S. The van der Waals surface area contributed by atoms with Gasteiger partial charge in [-0.2, -0.15) is 0 Å². The zero-order chi connectivity index (χ0) is 23.5. The first kappa shape index (κ1) is 22.6. The number of nitrogens with one attached hydrogen (secondary N) is 1. The number of para-hydroxylation sites is 1. The lowest BCUT2D eigenvalue weighted by molar-refractivity contribution is 0.0838. The molecule has 1 aliphatic heterocycles. The molecule has 0 bridgehead atoms. The fourth-order valence-corrected chi connectivity index (χ4v) is 5.25. The standard InChI is InChI=1S/C27H30N4O2S/c1-19-9-11-21(12-10-19)25-17-31-22(18-34-27(31)29-25)13-14-30(16-23-7-5-15-33-23)26(32)28-24-8-4-3-6-20(24)2/h3-4,6,8-12,17-18,23H,5,7,13-16H2,1-2H3,(H,28,32). The molecule has 7 heteroatoms. The number of carbonyl (C=O) groups excluding carboxylic acids is 1. The average Bonchev–Trinajstić information content (AvgIpc) is 3.57. The monoisotopic (exact) mass is 474 g/mol. The normalized spacial score (nSPS) is 15.6. The highest BCUT2D eigenvalue weighted by atomic mass is 32.1. The fourth-order valence-electron chi connectivity index (χ4n) is 4.34. The summed E-state index contributed by atoms with van der Waals surface area (Å²) in [6, 6.07) is 16.2. The molecule has 0 radical (unpaired) electrons. The van der Waals surface area contributed by atoms with Crippen molar-refractivity contribution < 1.29 is 9.53 Å². The number of rotatable bonds is 7. The molecule has 1 N–H and O–H groups in total. The number of benzene rings is 2. The second-order valence-corrected chi connectivity index (χ2v) is 9.78. The third kappa shape index (κ3) is 5.00. The largest absolute Gasteiger partial charge is 0.376 e. The third-order valence-corrected chi connectivity index (χ3v) is 7.28. The van der Waals surface area contributed by atoms with Crippen LogP contribution in [-0.4, -0.2) is 46.1 Å². The van der Waals surface area contributed by atoms with Crippen molar-refractivity contribution in [2.45, 2.75) is 39.2 Å². The van der Waals surface area contributed by atoms with Gasteiger partial charge in [0.15, 0.2) is 4.96 Å². The van der Waals surface area contributed by atoms with E-state index >= 15 is 0 Å². The van der Waals surface area contributed by atoms with Crippen LogP contribution in [0.1, 0.15) is 29.7 Å². The zero-order valence-electron chi connectivity index (χ0n) is 19.7. The van der Waals surface area contributed by atoms with Crippen molar-refractivity contribution in [3.8, 4) is 11.3 Å². The zero-order valence-corrected chi connectivity index (χ0v) is 20.5. The summed E-state index contributed by atoms with van der Waals surface area (Å²) in [5, 5.41) is 5.24. The van der Waals surface area contributed by atoms with E-state index in [0.717, 1.165) is 59.0 Å². The molecule has 0 saturated carbocycles. The molecule has 3 heterocycles. The van der Waals surface area contributed by atoms with Crippen molar-refractivity contribution in [2.24, 2.45) is 0 Å². The minimum Gasteiger partial charge on any atom is -0.376 e. The smallest absolute Gasteiger partial charge is 0.321 e. The summed E-state index contributed by atoms with van der Waals surface area (Å²) in [7, 11) is 0. The van der Waals surface area contributed by atoms with Gasteiger partial charge in [-0.25, -0.2) is 9.78 Å². The SMILES string of the molecule is Cc1ccc(-c2cn3c(CCN(CC4CCCO4)C(=O)Nc4ccccc4C)csc3n2)cc1. The van der Waals surface area contributed by atoms with Crippen LogP contribution in [0.25, 0.3) is 16.2 Å². The third-order valence-electron chi connectivity index (χ3n) is 6.39. The van der Waals surface area contributed by atoms with Crippen LogP contribution in [-0.2, 0) is 11.2 Å². The van der Waals surface area contributed by atoms with Crippen LogP contribution in [0.5, 0.6) is 0 Å². The predicted octanol–water partition coefficient (Wildman–Crippen LogP) is 5.94. The van der Waals surface area contributed by atoms with Gasteiger partial charge in [0, 0.05) is 54.6 Å². The lowest BCUT2D eigenvalue weighted by atomic mass is 10.1. The first-order valence-electron chi connectivity index (χ1n) is 11.8. The number of ether oxygens (including phenoxy) is 1. The highest BCUT2D eigenvalue weighted by Crippen LogP contribution is 2.25. The van der Waals surface area contributed by atoms with Gasteiger partial charge in [0.1, 0.15) is 0 Å². The molecule has 6 nitrogen and oxygen atoms in total. The molecule has 4 aromatic rings. The van der Waals surface area contributed by atoms with Crippen LogP contribution in [0.15, 0.2) is 60.1 Å². The van der Waals surface area contributed by atoms with Crippen molar-refractivity contribution in [1.29, 1.82) is 0 Å². The Hall–Kier alpha value is -3.16. The summed E-state index contributed by atoms with van der Waals surface area (Å²) in [6.45, 7) is 6.09. The van der Waals surface area contributed by atoms with E-state index in [4.69, 9.17) is 9.72 Å². The molecule has 0 aliphatic carbocycles. The van der Waals surface area contributed by atoms with E-state index < -0.39 is 0 Å². The molecule has 34 heavy (non-hydrogen) atoms. The number of hydrogen-bond acceptors (Lipinski definition) is 4. The maximum Gasteiger partial charge on any atom is 0.321 e. The Morgan fingerprint density at radius 2 is 2.03 bits per heavy atom. The number of carbonyl (C=O) groups is 1. The van der Waals surface area contributed by atoms with Gasteiger partial charge in [0.2, 0.25) is 0 Å². The van der Waals surface area contributed by atoms with Crippen LogP contribution in [0.2, 0.25) is 0 Å². The number of imidazole rings is 1. The number of fused-ring (bicyclic) bond motifs is 1. The van der Waals surface area contributed by atoms with E-state index in [1.807, 2.05) is 36.1 Å². The summed E-state index contributed by atoms with van der Waals surface area (Å²) < 4.78 is 8.00. The van der Waals surface area contributed by atoms with E-state index in [1.54, 1.807) is 11.3 Å². The Balaban J connectivity index is 1.32. The van der Waals surface area contributed by atoms with E-state index in [2.05, 4.69) is 52.5 Å². The number of aromatic nitrogens is 2. The van der Waals surface area contributed by atoms with Gasteiger partial charge in [-0.15, -0.1) is 11.3 Å². The van der Waals surface area contributed by atoms with E-state index in [1.165, 1.54) is 5.56 Å². The molecule has 0 spiro atoms. The predicted molar refractivity (Wildman–Crippen MR) is 138 cm³/mol. The van der Waals surface area contributed by atoms with Gasteiger partial charge >= 0.3 is 6.03 Å². The van der Waals surface area contributed by atoms with E-state index in [9.17, 15) is 4.79 Å². The van der Waals surface area contributed by atoms with Crippen molar-refractivity contribution in [3.63, 3.8) is 0 Å². The number of nitrogens with zero attached hydrogens (tertiary/aromatic N) is 3. The average molecular weight is 475 g/mol. The van der Waals surface area contributed by atoms with Crippen LogP contribution < -0.4 is 5.32 Å². The molecule has 5 rings (SSSR count). The number of hydrogen-bond donors (Lipinski definition) is 1. The molecule has 2 aromatic heterocycles. The first-order chi connectivity index (χ1) is 16.6. The Morgan fingerprint density at radius 3 is 2.79 bits per heavy atom. The first-order valence-corrected chi connectivity index (χ1v) is 12.7. The summed E-state index contributed by atoms with van der Waals surface area (Å²) in [5.74, 6) is 0. The Kier molecular flexibility index (Phi) is 6.65. The van der Waals surface area contributed by atoms with Crippen LogP contribution in [0, 0.1) is 13.8 Å². The quantitative estimate of drug-likeness (QED) is 0.361. The minimum atomic E-state index is -0.0813. The van der Waals surface area contributed by atoms with Crippen molar-refractivity contribution >= 4 is 28.0 Å². The molecule has 1 unspecified atom stereocenters. The second-order valence-electron chi connectivity index (χ2n) is 8.95. The summed E-state index contributed by atoms with van der Waals surface area (Å²) in [4.78, 5) is 20.9. The van der Waals surface area contributed by atoms with Crippen LogP contribution in [0.4, 0.5) is 10.5 Å². The maximum atomic E-state index is 13.2. The lowest BCUT2D eigenvalue weighted by Gasteiger charge is -2.26. The van der Waals surface area contributed by atoms with Crippen LogP contribution in [0.3, 0.4) is 0 Å². The molecule has 1 saturated heterocycles. The van der Waals surface area contributed by atoms with E-state index in [-0.39, 0.29) is 12.1 Å². The number of urea groups is 1. The maximum absolute atomic E-state index is 13.2. The van der Waals surface area contributed by atoms with Crippen molar-refractivity contribution in [1.82, 2.24) is 14.3 Å². The summed E-state index contributed by atoms with van der Waals surface area (Å²) >= 11 is 1.64. The molecule has 2 amide bonds. The number of anilines is 1. The Bertz CT molecular complexity index is 1270. The van der Waals surface area contributed by atoms with Crippen molar-refractivity contribution in [3.05, 3.63) is 76.9 Å². The molecule has 1 fully saturated rings. The molecule has 2 aromatic carbocycles. The summed E-state index contributed by atoms with van der Waals surface area (Å²) in [5.41, 5.74) is 6.38. The number of amides is 2. The van der Waals surface area contributed by atoms with Gasteiger partial charge in [0.25, 0.3) is 0 Å². The molecule has 176 valence electrons. The number of aryl methyl sites for hydroxylation is 2. The minimum absolute atomic E-state index is 0.0813. The number of thiazole rings is 1. The van der Waals surface area contributed by atoms with Crippen molar-refractivity contribution in [2.75, 3.05) is 25.0 Å². The molecule has 1 atom stereocenters. The highest BCUT2D eigenvalue weighted by Gasteiger charge is 2.23. The topological polar surface area (TPSA) is 58.9 Å². The Labute approximate surface area is 204 Å². The van der Waals surface area contributed by atoms with E-state index in [0.29, 0.717) is 13.1 Å². The van der Waals surface area contributed by atoms with Gasteiger partial charge in [0.05, 0.1) is 11.8 Å². The molecular weight excluding hydrogens is 444 g/mol. The van der Waals surface area contributed by atoms with Gasteiger partial charge in [-0.1, -0.05) is 48.0 Å². The fraction of sp³-hybridized carbons (Fsp3) is 0.333.